The van der Waals surface area contributed by atoms with Crippen LogP contribution in [0.15, 0.2) is 67.3 Å². The topological polar surface area (TPSA) is 50.2 Å². The first-order valence-corrected chi connectivity index (χ1v) is 7.97. The molecule has 4 rings (SSSR count). The van der Waals surface area contributed by atoms with Gasteiger partial charge in [0.1, 0.15) is 0 Å². The summed E-state index contributed by atoms with van der Waals surface area (Å²) in [5.74, 6) is 0. The molecule has 0 atom stereocenters. The summed E-state index contributed by atoms with van der Waals surface area (Å²) in [6.45, 7) is 1.83. The Bertz CT molecular complexity index is 832. The number of amides is 2. The monoisotopic (exact) mass is 318 g/mol. The van der Waals surface area contributed by atoms with E-state index in [9.17, 15) is 4.79 Å². The molecule has 2 amide bonds. The molecule has 0 aliphatic carbocycles. The van der Waals surface area contributed by atoms with Gasteiger partial charge < -0.3 is 14.8 Å². The van der Waals surface area contributed by atoms with Crippen molar-refractivity contribution < 1.29 is 4.79 Å². The molecule has 5 heteroatoms. The van der Waals surface area contributed by atoms with E-state index in [2.05, 4.69) is 22.4 Å². The molecule has 0 bridgehead atoms. The Kier molecular flexibility index (Phi) is 3.75. The van der Waals surface area contributed by atoms with E-state index in [1.807, 2.05) is 52.1 Å². The van der Waals surface area contributed by atoms with Crippen molar-refractivity contribution in [1.82, 2.24) is 19.8 Å². The van der Waals surface area contributed by atoms with E-state index in [4.69, 9.17) is 0 Å². The van der Waals surface area contributed by atoms with E-state index in [0.29, 0.717) is 19.6 Å². The second kappa shape index (κ2) is 6.20. The number of carbonyl (C=O) groups is 1. The van der Waals surface area contributed by atoms with E-state index in [1.54, 1.807) is 12.5 Å². The molecule has 1 aromatic heterocycles. The smallest absolute Gasteiger partial charge is 0.318 e. The van der Waals surface area contributed by atoms with Crippen molar-refractivity contribution in [2.75, 3.05) is 0 Å². The molecule has 24 heavy (non-hydrogen) atoms. The first-order valence-electron chi connectivity index (χ1n) is 7.97. The Morgan fingerprint density at radius 1 is 1.04 bits per heavy atom. The average Bonchev–Trinajstić information content (AvgIpc) is 3.29. The van der Waals surface area contributed by atoms with Gasteiger partial charge in [-0.2, -0.15) is 0 Å². The van der Waals surface area contributed by atoms with E-state index >= 15 is 0 Å². The Labute approximate surface area is 140 Å². The highest BCUT2D eigenvalue weighted by atomic mass is 16.2. The minimum atomic E-state index is -0.0355. The minimum Gasteiger partial charge on any atom is -0.334 e. The summed E-state index contributed by atoms with van der Waals surface area (Å²) in [6.07, 6.45) is 5.41. The van der Waals surface area contributed by atoms with Crippen LogP contribution in [0.1, 0.15) is 16.7 Å². The number of aromatic nitrogens is 2. The van der Waals surface area contributed by atoms with Crippen molar-refractivity contribution in [2.24, 2.45) is 0 Å². The Hall–Kier alpha value is -3.08. The molecule has 2 aromatic carbocycles. The number of rotatable bonds is 3. The van der Waals surface area contributed by atoms with Crippen LogP contribution in [-0.4, -0.2) is 20.5 Å². The van der Waals surface area contributed by atoms with Gasteiger partial charge in [-0.25, -0.2) is 9.78 Å². The summed E-state index contributed by atoms with van der Waals surface area (Å²) >= 11 is 0. The Morgan fingerprint density at radius 3 is 2.46 bits per heavy atom. The average molecular weight is 318 g/mol. The van der Waals surface area contributed by atoms with Crippen LogP contribution < -0.4 is 5.32 Å². The molecule has 120 valence electrons. The largest absolute Gasteiger partial charge is 0.334 e. The van der Waals surface area contributed by atoms with Gasteiger partial charge >= 0.3 is 6.03 Å². The molecule has 2 heterocycles. The van der Waals surface area contributed by atoms with Gasteiger partial charge in [0.2, 0.25) is 0 Å². The van der Waals surface area contributed by atoms with Gasteiger partial charge in [-0.15, -0.1) is 0 Å². The number of benzene rings is 2. The summed E-state index contributed by atoms with van der Waals surface area (Å²) in [5, 5.41) is 3.03. The zero-order valence-electron chi connectivity index (χ0n) is 13.2. The first-order chi connectivity index (χ1) is 11.8. The number of urea groups is 1. The van der Waals surface area contributed by atoms with Crippen LogP contribution in [0.2, 0.25) is 0 Å². The Balaban J connectivity index is 1.44. The van der Waals surface area contributed by atoms with Crippen LogP contribution in [-0.2, 0) is 19.6 Å². The van der Waals surface area contributed by atoms with E-state index in [1.165, 1.54) is 11.1 Å². The quantitative estimate of drug-likeness (QED) is 0.807. The van der Waals surface area contributed by atoms with Crippen molar-refractivity contribution in [3.63, 3.8) is 0 Å². The summed E-state index contributed by atoms with van der Waals surface area (Å²) in [5.41, 5.74) is 4.54. The van der Waals surface area contributed by atoms with E-state index in [-0.39, 0.29) is 6.03 Å². The van der Waals surface area contributed by atoms with Gasteiger partial charge in [-0.3, -0.25) is 0 Å². The van der Waals surface area contributed by atoms with Crippen molar-refractivity contribution in [3.8, 4) is 5.69 Å². The highest BCUT2D eigenvalue weighted by Crippen LogP contribution is 2.22. The molecule has 0 saturated heterocycles. The second-order valence-corrected chi connectivity index (χ2v) is 5.88. The van der Waals surface area contributed by atoms with E-state index in [0.717, 1.165) is 11.3 Å². The molecular formula is C19H18N4O. The van der Waals surface area contributed by atoms with Gasteiger partial charge in [0, 0.05) is 32.0 Å². The predicted octanol–water partition coefficient (Wildman–Crippen LogP) is 3.10. The van der Waals surface area contributed by atoms with Gasteiger partial charge in [0.25, 0.3) is 0 Å². The normalized spacial score (nSPS) is 12.9. The van der Waals surface area contributed by atoms with Gasteiger partial charge in [0.15, 0.2) is 0 Å². The number of hydrogen-bond donors (Lipinski definition) is 1. The second-order valence-electron chi connectivity index (χ2n) is 5.88. The highest BCUT2D eigenvalue weighted by molar-refractivity contribution is 5.75. The molecule has 0 saturated carbocycles. The molecule has 1 aliphatic rings. The van der Waals surface area contributed by atoms with Crippen LogP contribution >= 0.6 is 0 Å². The lowest BCUT2D eigenvalue weighted by molar-refractivity contribution is 0.198. The fraction of sp³-hybridized carbons (Fsp3) is 0.158. The molecule has 0 unspecified atom stereocenters. The molecule has 1 N–H and O–H groups in total. The Morgan fingerprint density at radius 2 is 1.75 bits per heavy atom. The standard InChI is InChI=1S/C19H18N4O/c24-19(23-12-16-6-1-2-7-17(16)13-23)21-11-15-5-3-4-8-18(15)22-10-9-20-14-22/h1-10,14H,11-13H2,(H,21,24). The molecule has 3 aromatic rings. The van der Waals surface area contributed by atoms with Crippen LogP contribution in [0, 0.1) is 0 Å². The van der Waals surface area contributed by atoms with Crippen molar-refractivity contribution in [1.29, 1.82) is 0 Å². The predicted molar refractivity (Wildman–Crippen MR) is 91.5 cm³/mol. The van der Waals surface area contributed by atoms with Crippen LogP contribution in [0.25, 0.3) is 5.69 Å². The maximum atomic E-state index is 12.5. The fourth-order valence-electron chi connectivity index (χ4n) is 3.07. The first kappa shape index (κ1) is 14.5. The lowest BCUT2D eigenvalue weighted by Crippen LogP contribution is -2.36. The number of imidazole rings is 1. The highest BCUT2D eigenvalue weighted by Gasteiger charge is 2.22. The van der Waals surface area contributed by atoms with Crippen molar-refractivity contribution >= 4 is 6.03 Å². The van der Waals surface area contributed by atoms with Crippen molar-refractivity contribution in [2.45, 2.75) is 19.6 Å². The number of hydrogen-bond acceptors (Lipinski definition) is 2. The van der Waals surface area contributed by atoms with Crippen LogP contribution in [0.4, 0.5) is 4.79 Å². The summed E-state index contributed by atoms with van der Waals surface area (Å²) in [4.78, 5) is 18.4. The molecule has 0 spiro atoms. The molecule has 1 aliphatic heterocycles. The van der Waals surface area contributed by atoms with Gasteiger partial charge in [0.05, 0.1) is 12.0 Å². The van der Waals surface area contributed by atoms with Gasteiger partial charge in [-0.1, -0.05) is 42.5 Å². The lowest BCUT2D eigenvalue weighted by atomic mass is 10.1. The molecule has 0 fully saturated rings. The van der Waals surface area contributed by atoms with Gasteiger partial charge in [-0.05, 0) is 22.8 Å². The van der Waals surface area contributed by atoms with Crippen molar-refractivity contribution in [3.05, 3.63) is 83.9 Å². The zero-order valence-corrected chi connectivity index (χ0v) is 13.2. The maximum absolute atomic E-state index is 12.5. The van der Waals surface area contributed by atoms with Crippen LogP contribution in [0.5, 0.6) is 0 Å². The number of nitrogens with zero attached hydrogens (tertiary/aromatic N) is 3. The lowest BCUT2D eigenvalue weighted by Gasteiger charge is -2.17. The third-order valence-electron chi connectivity index (χ3n) is 4.33. The number of fused-ring (bicyclic) bond motifs is 1. The SMILES string of the molecule is O=C(NCc1ccccc1-n1ccnc1)N1Cc2ccccc2C1. The third-order valence-corrected chi connectivity index (χ3v) is 4.33. The number of nitrogens with one attached hydrogen (secondary N) is 1. The third kappa shape index (κ3) is 2.76. The molecule has 5 nitrogen and oxygen atoms in total. The fourth-order valence-corrected chi connectivity index (χ4v) is 3.07. The summed E-state index contributed by atoms with van der Waals surface area (Å²) in [6, 6.07) is 16.2. The number of carbonyl (C=O) groups excluding carboxylic acids is 1. The summed E-state index contributed by atoms with van der Waals surface area (Å²) in [7, 11) is 0. The minimum absolute atomic E-state index is 0.0355. The van der Waals surface area contributed by atoms with Crippen LogP contribution in [0.3, 0.4) is 0 Å². The van der Waals surface area contributed by atoms with E-state index < -0.39 is 0 Å². The molecule has 0 radical (unpaired) electrons. The summed E-state index contributed by atoms with van der Waals surface area (Å²) < 4.78 is 1.95. The maximum Gasteiger partial charge on any atom is 0.318 e. The zero-order chi connectivity index (χ0) is 16.4. The number of para-hydroxylation sites is 1. The molecular weight excluding hydrogens is 300 g/mol.